The van der Waals surface area contributed by atoms with Gasteiger partial charge in [0.15, 0.2) is 6.10 Å². The molecule has 2 aromatic carbocycles. The molecule has 0 unspecified atom stereocenters. The Labute approximate surface area is 164 Å². The van der Waals surface area contributed by atoms with Gasteiger partial charge in [-0.1, -0.05) is 18.2 Å². The molecule has 0 saturated carbocycles. The van der Waals surface area contributed by atoms with Gasteiger partial charge in [-0.15, -0.1) is 0 Å². The molecule has 1 aliphatic heterocycles. The summed E-state index contributed by atoms with van der Waals surface area (Å²) in [7, 11) is 3.11. The van der Waals surface area contributed by atoms with Crippen LogP contribution in [0.2, 0.25) is 0 Å². The first-order valence-electron chi connectivity index (χ1n) is 9.03. The molecule has 0 saturated heterocycles. The fourth-order valence-electron chi connectivity index (χ4n) is 3.16. The van der Waals surface area contributed by atoms with E-state index in [-0.39, 0.29) is 5.91 Å². The van der Waals surface area contributed by atoms with Gasteiger partial charge in [0.25, 0.3) is 5.91 Å². The number of methoxy groups -OCH3 is 2. The highest BCUT2D eigenvalue weighted by molar-refractivity contribution is 6.00. The third-order valence-electron chi connectivity index (χ3n) is 4.63. The van der Waals surface area contributed by atoms with Crippen LogP contribution in [0.3, 0.4) is 0 Å². The smallest absolute Gasteiger partial charge is 0.331 e. The van der Waals surface area contributed by atoms with Gasteiger partial charge in [0.05, 0.1) is 14.2 Å². The van der Waals surface area contributed by atoms with E-state index in [4.69, 9.17) is 14.2 Å². The Morgan fingerprint density at radius 2 is 1.89 bits per heavy atom. The average molecular weight is 381 g/mol. The van der Waals surface area contributed by atoms with Gasteiger partial charge in [-0.25, -0.2) is 4.79 Å². The third kappa shape index (κ3) is 4.17. The minimum absolute atomic E-state index is 0.228. The molecule has 146 valence electrons. The molecule has 6 heteroatoms. The van der Waals surface area contributed by atoms with Crippen LogP contribution in [-0.4, -0.2) is 38.7 Å². The Morgan fingerprint density at radius 3 is 2.64 bits per heavy atom. The second kappa shape index (κ2) is 8.61. The molecule has 0 fully saturated rings. The quantitative estimate of drug-likeness (QED) is 0.568. The van der Waals surface area contributed by atoms with Crippen molar-refractivity contribution in [1.29, 1.82) is 0 Å². The number of rotatable bonds is 6. The number of amides is 1. The van der Waals surface area contributed by atoms with Gasteiger partial charge in [0, 0.05) is 29.9 Å². The van der Waals surface area contributed by atoms with E-state index in [0.717, 1.165) is 17.7 Å². The predicted octanol–water partition coefficient (Wildman–Crippen LogP) is 3.24. The van der Waals surface area contributed by atoms with Crippen LogP contribution in [-0.2, 0) is 20.7 Å². The summed E-state index contributed by atoms with van der Waals surface area (Å²) in [5.74, 6) is 0.405. The van der Waals surface area contributed by atoms with E-state index < -0.39 is 12.1 Å². The summed E-state index contributed by atoms with van der Waals surface area (Å²) in [6, 6.07) is 13.0. The van der Waals surface area contributed by atoms with Gasteiger partial charge >= 0.3 is 5.97 Å². The number of ether oxygens (including phenoxy) is 3. The van der Waals surface area contributed by atoms with Gasteiger partial charge in [-0.3, -0.25) is 4.79 Å². The SMILES string of the molecule is COc1ccc(/C=C/C(=O)O[C@@H](C)C(=O)N2CCc3ccccc32)c(OC)c1. The first-order valence-corrected chi connectivity index (χ1v) is 9.03. The minimum atomic E-state index is -0.874. The number of hydrogen-bond donors (Lipinski definition) is 0. The summed E-state index contributed by atoms with van der Waals surface area (Å²) in [4.78, 5) is 26.5. The van der Waals surface area contributed by atoms with Crippen molar-refractivity contribution >= 4 is 23.6 Å². The fourth-order valence-corrected chi connectivity index (χ4v) is 3.16. The maximum absolute atomic E-state index is 12.7. The number of anilines is 1. The van der Waals surface area contributed by atoms with Gasteiger partial charge in [-0.2, -0.15) is 0 Å². The predicted molar refractivity (Wildman–Crippen MR) is 107 cm³/mol. The lowest BCUT2D eigenvalue weighted by Crippen LogP contribution is -2.38. The molecule has 2 aromatic rings. The van der Waals surface area contributed by atoms with Crippen molar-refractivity contribution in [2.75, 3.05) is 25.7 Å². The second-order valence-corrected chi connectivity index (χ2v) is 6.39. The molecule has 6 nitrogen and oxygen atoms in total. The lowest BCUT2D eigenvalue weighted by molar-refractivity contribution is -0.149. The number of carbonyl (C=O) groups excluding carboxylic acids is 2. The van der Waals surface area contributed by atoms with E-state index in [1.165, 1.54) is 6.08 Å². The topological polar surface area (TPSA) is 65.1 Å². The number of carbonyl (C=O) groups is 2. The summed E-state index contributed by atoms with van der Waals surface area (Å²) < 4.78 is 15.7. The van der Waals surface area contributed by atoms with Crippen LogP contribution in [0.1, 0.15) is 18.1 Å². The van der Waals surface area contributed by atoms with E-state index in [0.29, 0.717) is 23.6 Å². The van der Waals surface area contributed by atoms with Crippen molar-refractivity contribution in [1.82, 2.24) is 0 Å². The third-order valence-corrected chi connectivity index (χ3v) is 4.63. The number of para-hydroxylation sites is 1. The zero-order valence-corrected chi connectivity index (χ0v) is 16.2. The van der Waals surface area contributed by atoms with Crippen molar-refractivity contribution < 1.29 is 23.8 Å². The van der Waals surface area contributed by atoms with E-state index in [1.54, 1.807) is 50.3 Å². The van der Waals surface area contributed by atoms with Crippen molar-refractivity contribution in [2.45, 2.75) is 19.4 Å². The van der Waals surface area contributed by atoms with Crippen molar-refractivity contribution in [3.8, 4) is 11.5 Å². The lowest BCUT2D eigenvalue weighted by Gasteiger charge is -2.21. The maximum atomic E-state index is 12.7. The van der Waals surface area contributed by atoms with Crippen LogP contribution in [0.15, 0.2) is 48.5 Å². The summed E-state index contributed by atoms with van der Waals surface area (Å²) >= 11 is 0. The first-order chi connectivity index (χ1) is 13.5. The van der Waals surface area contributed by atoms with Crippen LogP contribution >= 0.6 is 0 Å². The Kier molecular flexibility index (Phi) is 5.99. The number of nitrogens with zero attached hydrogens (tertiary/aromatic N) is 1. The highest BCUT2D eigenvalue weighted by Gasteiger charge is 2.29. The average Bonchev–Trinajstić information content (AvgIpc) is 3.15. The highest BCUT2D eigenvalue weighted by atomic mass is 16.5. The molecule has 0 radical (unpaired) electrons. The molecule has 1 heterocycles. The number of fused-ring (bicyclic) bond motifs is 1. The van der Waals surface area contributed by atoms with Crippen LogP contribution in [0.4, 0.5) is 5.69 Å². The maximum Gasteiger partial charge on any atom is 0.331 e. The lowest BCUT2D eigenvalue weighted by atomic mass is 10.1. The van der Waals surface area contributed by atoms with Gasteiger partial charge < -0.3 is 19.1 Å². The molecular weight excluding hydrogens is 358 g/mol. The first kappa shape index (κ1) is 19.5. The van der Waals surface area contributed by atoms with Crippen LogP contribution in [0, 0.1) is 0 Å². The standard InChI is InChI=1S/C22H23NO5/c1-15(22(25)23-13-12-16-6-4-5-7-19(16)23)28-21(24)11-9-17-8-10-18(26-2)14-20(17)27-3/h4-11,14-15H,12-13H2,1-3H3/b11-9+/t15-/m0/s1. The molecule has 0 aromatic heterocycles. The minimum Gasteiger partial charge on any atom is -0.497 e. The number of benzene rings is 2. The highest BCUT2D eigenvalue weighted by Crippen LogP contribution is 2.28. The molecule has 28 heavy (non-hydrogen) atoms. The second-order valence-electron chi connectivity index (χ2n) is 6.39. The van der Waals surface area contributed by atoms with Crippen LogP contribution in [0.5, 0.6) is 11.5 Å². The molecule has 0 N–H and O–H groups in total. The summed E-state index contributed by atoms with van der Waals surface area (Å²) in [5, 5.41) is 0. The van der Waals surface area contributed by atoms with E-state index >= 15 is 0 Å². The molecule has 0 spiro atoms. The van der Waals surface area contributed by atoms with Crippen LogP contribution in [0.25, 0.3) is 6.08 Å². The van der Waals surface area contributed by atoms with Gasteiger partial charge in [-0.05, 0) is 43.2 Å². The van der Waals surface area contributed by atoms with E-state index in [9.17, 15) is 9.59 Å². The Morgan fingerprint density at radius 1 is 1.11 bits per heavy atom. The van der Waals surface area contributed by atoms with Crippen LogP contribution < -0.4 is 14.4 Å². The largest absolute Gasteiger partial charge is 0.497 e. The van der Waals surface area contributed by atoms with Crippen molar-refractivity contribution in [2.24, 2.45) is 0 Å². The molecule has 1 aliphatic rings. The molecule has 3 rings (SSSR count). The molecule has 0 bridgehead atoms. The summed E-state index contributed by atoms with van der Waals surface area (Å²) in [5.41, 5.74) is 2.71. The Hall–Kier alpha value is -3.28. The Bertz CT molecular complexity index is 906. The van der Waals surface area contributed by atoms with Gasteiger partial charge in [0.1, 0.15) is 11.5 Å². The van der Waals surface area contributed by atoms with Crippen molar-refractivity contribution in [3.05, 3.63) is 59.7 Å². The monoisotopic (exact) mass is 381 g/mol. The number of esters is 1. The Balaban J connectivity index is 1.63. The zero-order chi connectivity index (χ0) is 20.1. The normalized spacial score (nSPS) is 13.9. The molecule has 1 amide bonds. The molecule has 1 atom stereocenters. The fraction of sp³-hybridized carbons (Fsp3) is 0.273. The van der Waals surface area contributed by atoms with Crippen molar-refractivity contribution in [3.63, 3.8) is 0 Å². The molecular formula is C22H23NO5. The molecule has 0 aliphatic carbocycles. The van der Waals surface area contributed by atoms with Gasteiger partial charge in [0.2, 0.25) is 0 Å². The van der Waals surface area contributed by atoms with E-state index in [1.807, 2.05) is 24.3 Å². The zero-order valence-electron chi connectivity index (χ0n) is 16.2. The van der Waals surface area contributed by atoms with E-state index in [2.05, 4.69) is 0 Å². The summed E-state index contributed by atoms with van der Waals surface area (Å²) in [6.07, 6.45) is 2.80. The number of hydrogen-bond acceptors (Lipinski definition) is 5. The summed E-state index contributed by atoms with van der Waals surface area (Å²) in [6.45, 7) is 2.18.